The molecule has 4 nitrogen and oxygen atoms in total. The van der Waals surface area contributed by atoms with Gasteiger partial charge < -0.3 is 5.11 Å². The second kappa shape index (κ2) is 3.18. The van der Waals surface area contributed by atoms with Crippen LogP contribution in [0.15, 0.2) is 0 Å². The first-order valence-corrected chi connectivity index (χ1v) is 3.50. The van der Waals surface area contributed by atoms with Gasteiger partial charge in [0.05, 0.1) is 17.6 Å². The molecule has 1 aromatic rings. The lowest BCUT2D eigenvalue weighted by Crippen LogP contribution is -1.98. The van der Waals surface area contributed by atoms with E-state index < -0.39 is 0 Å². The van der Waals surface area contributed by atoms with Gasteiger partial charge in [-0.05, 0) is 13.8 Å². The monoisotopic (exact) mass is 162 g/mol. The van der Waals surface area contributed by atoms with Crippen molar-refractivity contribution in [3.63, 3.8) is 0 Å². The molecule has 0 bridgehead atoms. The van der Waals surface area contributed by atoms with Gasteiger partial charge in [-0.3, -0.25) is 0 Å². The summed E-state index contributed by atoms with van der Waals surface area (Å²) >= 11 is 0. The van der Waals surface area contributed by atoms with Crippen LogP contribution >= 0.6 is 0 Å². The highest BCUT2D eigenvalue weighted by Gasteiger charge is 2.14. The molecule has 1 heterocycles. The predicted molar refractivity (Wildman–Crippen MR) is 41.3 cm³/mol. The van der Waals surface area contributed by atoms with Gasteiger partial charge in [-0.2, -0.15) is 10.2 Å². The van der Waals surface area contributed by atoms with E-state index >= 15 is 0 Å². The minimum absolute atomic E-state index is 0.156. The van der Waals surface area contributed by atoms with Gasteiger partial charge in [-0.15, -0.1) is 0 Å². The molecule has 0 saturated heterocycles. The minimum atomic E-state index is -0.389. The molecule has 0 aliphatic heterocycles. The molecule has 0 aromatic carbocycles. The van der Waals surface area contributed by atoms with Gasteiger partial charge in [0.25, 0.3) is 0 Å². The van der Waals surface area contributed by atoms with Crippen molar-refractivity contribution in [2.24, 2.45) is 0 Å². The Hall–Kier alpha value is -1.63. The minimum Gasteiger partial charge on any atom is -0.493 e. The van der Waals surface area contributed by atoms with Crippen molar-refractivity contribution in [3.8, 4) is 11.9 Å². The summed E-state index contributed by atoms with van der Waals surface area (Å²) in [6.45, 7) is 3.40. The number of hydrogen-bond donors (Lipinski definition) is 1. The van der Waals surface area contributed by atoms with E-state index in [0.29, 0.717) is 11.3 Å². The van der Waals surface area contributed by atoms with Crippen molar-refractivity contribution in [3.05, 3.63) is 17.6 Å². The van der Waals surface area contributed by atoms with Gasteiger partial charge in [0.1, 0.15) is 0 Å². The first-order valence-electron chi connectivity index (χ1n) is 3.50. The lowest BCUT2D eigenvalue weighted by molar-refractivity contribution is 0.441. The molecule has 61 valence electrons. The van der Waals surface area contributed by atoms with Gasteiger partial charge in [-0.1, -0.05) is 0 Å². The van der Waals surface area contributed by atoms with Crippen LogP contribution in [0.5, 0.6) is 5.88 Å². The second-order valence-electron chi connectivity index (χ2n) is 2.50. The third-order valence-corrected chi connectivity index (χ3v) is 1.63. The van der Waals surface area contributed by atoms with Crippen molar-refractivity contribution >= 4 is 0 Å². The summed E-state index contributed by atoms with van der Waals surface area (Å²) in [7, 11) is 0. The Kier molecular flexibility index (Phi) is 2.24. The SMILES string of the molecule is Cc1n[c]nc(O)c1C(C)C#N. The number of aromatic nitrogens is 2. The highest BCUT2D eigenvalue weighted by Crippen LogP contribution is 2.24. The highest BCUT2D eigenvalue weighted by molar-refractivity contribution is 5.34. The van der Waals surface area contributed by atoms with Gasteiger partial charge in [0, 0.05) is 5.69 Å². The molecular weight excluding hydrogens is 154 g/mol. The van der Waals surface area contributed by atoms with Crippen LogP contribution in [0.2, 0.25) is 0 Å². The third kappa shape index (κ3) is 1.35. The van der Waals surface area contributed by atoms with Crippen LogP contribution in [-0.2, 0) is 0 Å². The van der Waals surface area contributed by atoms with Crippen molar-refractivity contribution in [2.75, 3.05) is 0 Å². The van der Waals surface area contributed by atoms with Gasteiger partial charge >= 0.3 is 0 Å². The topological polar surface area (TPSA) is 69.8 Å². The second-order valence-corrected chi connectivity index (χ2v) is 2.50. The number of rotatable bonds is 1. The van der Waals surface area contributed by atoms with Crippen molar-refractivity contribution in [2.45, 2.75) is 19.8 Å². The van der Waals surface area contributed by atoms with Crippen molar-refractivity contribution in [1.82, 2.24) is 9.97 Å². The fraction of sp³-hybridized carbons (Fsp3) is 0.375. The van der Waals surface area contributed by atoms with Crippen molar-refractivity contribution < 1.29 is 5.11 Å². The first-order chi connectivity index (χ1) is 5.66. The maximum absolute atomic E-state index is 9.26. The Morgan fingerprint density at radius 3 is 2.75 bits per heavy atom. The average molecular weight is 162 g/mol. The smallest absolute Gasteiger partial charge is 0.219 e. The number of nitriles is 1. The number of nitrogens with zero attached hydrogens (tertiary/aromatic N) is 3. The summed E-state index contributed by atoms with van der Waals surface area (Å²) < 4.78 is 0. The lowest BCUT2D eigenvalue weighted by atomic mass is 10.0. The predicted octanol–water partition coefficient (Wildman–Crippen LogP) is 0.918. The van der Waals surface area contributed by atoms with E-state index in [-0.39, 0.29) is 11.8 Å². The molecule has 0 amide bonds. The Balaban J connectivity index is 3.23. The summed E-state index contributed by atoms with van der Waals surface area (Å²) in [6.07, 6.45) is 2.29. The van der Waals surface area contributed by atoms with E-state index in [2.05, 4.69) is 16.3 Å². The molecule has 1 N–H and O–H groups in total. The maximum atomic E-state index is 9.26. The number of aryl methyl sites for hydroxylation is 1. The normalized spacial score (nSPS) is 12.1. The average Bonchev–Trinajstić information content (AvgIpc) is 2.03. The standard InChI is InChI=1S/C8H8N3O/c1-5(3-9)7-6(2)10-4-11-8(7)12/h5H,1-2H3,(H,10,11,12). The van der Waals surface area contributed by atoms with Crippen LogP contribution < -0.4 is 0 Å². The van der Waals surface area contributed by atoms with E-state index in [1.54, 1.807) is 13.8 Å². The third-order valence-electron chi connectivity index (χ3n) is 1.63. The molecule has 0 saturated carbocycles. The molecule has 1 aromatic heterocycles. The van der Waals surface area contributed by atoms with Gasteiger partial charge in [0.2, 0.25) is 12.2 Å². The van der Waals surface area contributed by atoms with E-state index in [1.807, 2.05) is 6.07 Å². The molecular formula is C8H8N3O. The summed E-state index contributed by atoms with van der Waals surface area (Å²) in [6, 6.07) is 2.01. The summed E-state index contributed by atoms with van der Waals surface area (Å²) in [5.74, 6) is -0.545. The molecule has 12 heavy (non-hydrogen) atoms. The zero-order valence-corrected chi connectivity index (χ0v) is 6.87. The molecule has 4 heteroatoms. The molecule has 0 fully saturated rings. The van der Waals surface area contributed by atoms with Crippen molar-refractivity contribution in [1.29, 1.82) is 5.26 Å². The molecule has 0 spiro atoms. The summed E-state index contributed by atoms with van der Waals surface area (Å²) in [5, 5.41) is 17.9. The summed E-state index contributed by atoms with van der Waals surface area (Å²) in [5.41, 5.74) is 1.08. The van der Waals surface area contributed by atoms with E-state index in [0.717, 1.165) is 0 Å². The zero-order chi connectivity index (χ0) is 9.14. The largest absolute Gasteiger partial charge is 0.493 e. The van der Waals surface area contributed by atoms with Gasteiger partial charge in [0.15, 0.2) is 0 Å². The van der Waals surface area contributed by atoms with Crippen LogP contribution in [0.25, 0.3) is 0 Å². The molecule has 1 rings (SSSR count). The molecule has 1 unspecified atom stereocenters. The highest BCUT2D eigenvalue weighted by atomic mass is 16.3. The maximum Gasteiger partial charge on any atom is 0.219 e. The van der Waals surface area contributed by atoms with E-state index in [9.17, 15) is 5.11 Å². The number of aromatic hydroxyl groups is 1. The molecule has 1 atom stereocenters. The van der Waals surface area contributed by atoms with Crippen LogP contribution in [0.1, 0.15) is 24.1 Å². The fourth-order valence-corrected chi connectivity index (χ4v) is 1.00. The first kappa shape index (κ1) is 8.47. The lowest BCUT2D eigenvalue weighted by Gasteiger charge is -2.06. The molecule has 0 aliphatic rings. The zero-order valence-electron chi connectivity index (χ0n) is 6.87. The number of hydrogen-bond acceptors (Lipinski definition) is 4. The van der Waals surface area contributed by atoms with E-state index in [4.69, 9.17) is 5.26 Å². The van der Waals surface area contributed by atoms with Gasteiger partial charge in [-0.25, -0.2) is 4.98 Å². The van der Waals surface area contributed by atoms with E-state index in [1.165, 1.54) is 0 Å². The van der Waals surface area contributed by atoms with Crippen LogP contribution in [0.3, 0.4) is 0 Å². The Bertz CT molecular complexity index is 309. The Labute approximate surface area is 70.5 Å². The molecule has 1 radical (unpaired) electrons. The molecule has 0 aliphatic carbocycles. The van der Waals surface area contributed by atoms with Crippen LogP contribution in [0.4, 0.5) is 0 Å². The van der Waals surface area contributed by atoms with Crippen LogP contribution in [0, 0.1) is 24.6 Å². The quantitative estimate of drug-likeness (QED) is 0.666. The Morgan fingerprint density at radius 2 is 2.25 bits per heavy atom. The summed E-state index contributed by atoms with van der Waals surface area (Å²) in [4.78, 5) is 7.24. The fourth-order valence-electron chi connectivity index (χ4n) is 1.00. The van der Waals surface area contributed by atoms with Crippen LogP contribution in [-0.4, -0.2) is 15.1 Å². The Morgan fingerprint density at radius 1 is 1.58 bits per heavy atom.